The molecule has 0 aromatic heterocycles. The lowest BCUT2D eigenvalue weighted by Gasteiger charge is -2.39. The van der Waals surface area contributed by atoms with Crippen molar-refractivity contribution in [3.05, 3.63) is 65.7 Å². The van der Waals surface area contributed by atoms with Crippen LogP contribution in [-0.4, -0.2) is 29.9 Å². The van der Waals surface area contributed by atoms with E-state index in [1.807, 2.05) is 61.5 Å². The molecule has 0 spiro atoms. The molecule has 2 aromatic carbocycles. The molecule has 5 nitrogen and oxygen atoms in total. The van der Waals surface area contributed by atoms with Crippen molar-refractivity contribution in [3.8, 4) is 0 Å². The molecule has 2 aromatic rings. The van der Waals surface area contributed by atoms with Crippen LogP contribution in [0.15, 0.2) is 54.6 Å². The van der Waals surface area contributed by atoms with Gasteiger partial charge in [-0.3, -0.25) is 4.79 Å². The number of nitrogens with zero attached hydrogens (tertiary/aromatic N) is 1. The van der Waals surface area contributed by atoms with Crippen molar-refractivity contribution in [2.24, 2.45) is 5.41 Å². The van der Waals surface area contributed by atoms with E-state index < -0.39 is 5.41 Å². The Bertz CT molecular complexity index is 822. The van der Waals surface area contributed by atoms with Crippen molar-refractivity contribution in [1.82, 2.24) is 10.2 Å². The smallest absolute Gasteiger partial charge is 0.321 e. The summed E-state index contributed by atoms with van der Waals surface area (Å²) in [6.45, 7) is 5.62. The van der Waals surface area contributed by atoms with Gasteiger partial charge in [-0.2, -0.15) is 0 Å². The van der Waals surface area contributed by atoms with E-state index in [2.05, 4.69) is 17.6 Å². The molecule has 5 heteroatoms. The highest BCUT2D eigenvalue weighted by molar-refractivity contribution is 5.91. The maximum absolute atomic E-state index is 12.9. The highest BCUT2D eigenvalue weighted by Crippen LogP contribution is 2.30. The SMILES string of the molecule is CCc1ccccc1NC(=O)N1CCCC(C)(C(=O)NCc2ccccc2)C1. The predicted octanol–water partition coefficient (Wildman–Crippen LogP) is 4.20. The largest absolute Gasteiger partial charge is 0.351 e. The van der Waals surface area contributed by atoms with E-state index in [1.165, 1.54) is 0 Å². The maximum atomic E-state index is 12.9. The molecule has 2 N–H and O–H groups in total. The van der Waals surface area contributed by atoms with Gasteiger partial charge in [-0.1, -0.05) is 55.5 Å². The van der Waals surface area contributed by atoms with Crippen molar-refractivity contribution < 1.29 is 9.59 Å². The molecule has 1 unspecified atom stereocenters. The number of amides is 3. The van der Waals surface area contributed by atoms with E-state index in [0.29, 0.717) is 19.6 Å². The Balaban J connectivity index is 1.61. The average Bonchev–Trinajstić information content (AvgIpc) is 2.73. The standard InChI is InChI=1S/C23H29N3O2/c1-3-19-12-7-8-13-20(19)25-22(28)26-15-9-14-23(2,17-26)21(27)24-16-18-10-5-4-6-11-18/h4-8,10-13H,3,9,14-17H2,1-2H3,(H,24,27)(H,25,28). The molecule has 1 aliphatic rings. The van der Waals surface area contributed by atoms with Gasteiger partial charge in [0.25, 0.3) is 0 Å². The lowest BCUT2D eigenvalue weighted by atomic mass is 9.81. The first-order valence-electron chi connectivity index (χ1n) is 9.98. The number of nitrogens with one attached hydrogen (secondary N) is 2. The monoisotopic (exact) mass is 379 g/mol. The molecule has 28 heavy (non-hydrogen) atoms. The van der Waals surface area contributed by atoms with E-state index in [0.717, 1.165) is 36.1 Å². The van der Waals surface area contributed by atoms with Crippen molar-refractivity contribution in [2.75, 3.05) is 18.4 Å². The van der Waals surface area contributed by atoms with Crippen molar-refractivity contribution in [3.63, 3.8) is 0 Å². The summed E-state index contributed by atoms with van der Waals surface area (Å²) in [4.78, 5) is 27.4. The number of carbonyl (C=O) groups is 2. The van der Waals surface area contributed by atoms with Crippen LogP contribution in [0, 0.1) is 5.41 Å². The molecular weight excluding hydrogens is 350 g/mol. The number of carbonyl (C=O) groups excluding carboxylic acids is 2. The van der Waals surface area contributed by atoms with E-state index in [4.69, 9.17) is 0 Å². The zero-order chi connectivity index (χ0) is 20.0. The molecule has 1 aliphatic heterocycles. The average molecular weight is 380 g/mol. The molecule has 3 rings (SSSR count). The predicted molar refractivity (Wildman–Crippen MR) is 112 cm³/mol. The van der Waals surface area contributed by atoms with E-state index in [9.17, 15) is 9.59 Å². The lowest BCUT2D eigenvalue weighted by Crippen LogP contribution is -2.52. The van der Waals surface area contributed by atoms with E-state index >= 15 is 0 Å². The fourth-order valence-corrected chi connectivity index (χ4v) is 3.73. The summed E-state index contributed by atoms with van der Waals surface area (Å²) in [7, 11) is 0. The van der Waals surface area contributed by atoms with E-state index in [1.54, 1.807) is 4.90 Å². The molecule has 1 atom stereocenters. The zero-order valence-corrected chi connectivity index (χ0v) is 16.7. The molecule has 148 valence electrons. The van der Waals surface area contributed by atoms with E-state index in [-0.39, 0.29) is 11.9 Å². The maximum Gasteiger partial charge on any atom is 0.321 e. The summed E-state index contributed by atoms with van der Waals surface area (Å²) in [5.41, 5.74) is 2.45. The van der Waals surface area contributed by atoms with Crippen molar-refractivity contribution in [1.29, 1.82) is 0 Å². The van der Waals surface area contributed by atoms with Crippen LogP contribution in [0.3, 0.4) is 0 Å². The fraction of sp³-hybridized carbons (Fsp3) is 0.391. The van der Waals surface area contributed by atoms with Crippen LogP contribution in [0.4, 0.5) is 10.5 Å². The van der Waals surface area contributed by atoms with Crippen LogP contribution in [0.2, 0.25) is 0 Å². The van der Waals surface area contributed by atoms with Gasteiger partial charge < -0.3 is 15.5 Å². The summed E-state index contributed by atoms with van der Waals surface area (Å²) >= 11 is 0. The number of piperidine rings is 1. The number of aryl methyl sites for hydroxylation is 1. The number of anilines is 1. The molecule has 0 aliphatic carbocycles. The van der Waals surface area contributed by atoms with Gasteiger partial charge in [0, 0.05) is 25.3 Å². The van der Waals surface area contributed by atoms with Crippen LogP contribution in [-0.2, 0) is 17.8 Å². The Morgan fingerprint density at radius 2 is 1.79 bits per heavy atom. The van der Waals surface area contributed by atoms with Gasteiger partial charge in [0.05, 0.1) is 5.41 Å². The Labute approximate surface area is 167 Å². The third-order valence-electron chi connectivity index (χ3n) is 5.47. The van der Waals surface area contributed by atoms with Crippen LogP contribution in [0.5, 0.6) is 0 Å². The normalized spacial score (nSPS) is 19.1. The van der Waals surface area contributed by atoms with Gasteiger partial charge in [0.1, 0.15) is 0 Å². The highest BCUT2D eigenvalue weighted by atomic mass is 16.2. The third kappa shape index (κ3) is 4.71. The third-order valence-corrected chi connectivity index (χ3v) is 5.47. The summed E-state index contributed by atoms with van der Waals surface area (Å²) in [6, 6.07) is 17.6. The van der Waals surface area contributed by atoms with Crippen molar-refractivity contribution in [2.45, 2.75) is 39.7 Å². The minimum atomic E-state index is -0.575. The molecule has 1 saturated heterocycles. The second-order valence-electron chi connectivity index (χ2n) is 7.69. The van der Waals surface area contributed by atoms with Gasteiger partial charge >= 0.3 is 6.03 Å². The first kappa shape index (κ1) is 19.9. The highest BCUT2D eigenvalue weighted by Gasteiger charge is 2.39. The topological polar surface area (TPSA) is 61.4 Å². The number of urea groups is 1. The van der Waals surface area contributed by atoms with Crippen molar-refractivity contribution >= 4 is 17.6 Å². The number of hydrogen-bond donors (Lipinski definition) is 2. The number of rotatable bonds is 5. The molecule has 0 bridgehead atoms. The number of likely N-dealkylation sites (tertiary alicyclic amines) is 1. The minimum Gasteiger partial charge on any atom is -0.351 e. The molecule has 0 radical (unpaired) electrons. The Morgan fingerprint density at radius 3 is 2.54 bits per heavy atom. The van der Waals surface area contributed by atoms with Gasteiger partial charge in [0.2, 0.25) is 5.91 Å². The second kappa shape index (κ2) is 8.91. The summed E-state index contributed by atoms with van der Waals surface area (Å²) in [5.74, 6) is 0.00260. The Kier molecular flexibility index (Phi) is 6.34. The van der Waals surface area contributed by atoms with Gasteiger partial charge in [-0.25, -0.2) is 4.79 Å². The quantitative estimate of drug-likeness (QED) is 0.818. The van der Waals surface area contributed by atoms with Crippen LogP contribution >= 0.6 is 0 Å². The summed E-state index contributed by atoms with van der Waals surface area (Å²) < 4.78 is 0. The number of benzene rings is 2. The first-order chi connectivity index (χ1) is 13.5. The Morgan fingerprint density at radius 1 is 1.07 bits per heavy atom. The number of hydrogen-bond acceptors (Lipinski definition) is 2. The van der Waals surface area contributed by atoms with Crippen LogP contribution in [0.1, 0.15) is 37.8 Å². The lowest BCUT2D eigenvalue weighted by molar-refractivity contribution is -0.132. The molecular formula is C23H29N3O2. The first-order valence-corrected chi connectivity index (χ1v) is 9.98. The summed E-state index contributed by atoms with van der Waals surface area (Å²) in [5, 5.41) is 6.06. The molecule has 3 amide bonds. The van der Waals surface area contributed by atoms with Gasteiger partial charge in [-0.15, -0.1) is 0 Å². The fourth-order valence-electron chi connectivity index (χ4n) is 3.73. The Hall–Kier alpha value is -2.82. The van der Waals surface area contributed by atoms with Gasteiger partial charge in [-0.05, 0) is 43.4 Å². The second-order valence-corrected chi connectivity index (χ2v) is 7.69. The van der Waals surface area contributed by atoms with Gasteiger partial charge in [0.15, 0.2) is 0 Å². The minimum absolute atomic E-state index is 0.00260. The molecule has 1 fully saturated rings. The molecule has 1 heterocycles. The molecule has 0 saturated carbocycles. The summed E-state index contributed by atoms with van der Waals surface area (Å²) in [6.07, 6.45) is 2.46. The van der Waals surface area contributed by atoms with Crippen LogP contribution in [0.25, 0.3) is 0 Å². The number of para-hydroxylation sites is 1. The zero-order valence-electron chi connectivity index (χ0n) is 16.7. The van der Waals surface area contributed by atoms with Crippen LogP contribution < -0.4 is 10.6 Å².